The number of nitrogens with zero attached hydrogens (tertiary/aromatic N) is 2. The summed E-state index contributed by atoms with van der Waals surface area (Å²) >= 11 is 5.99. The van der Waals surface area contributed by atoms with Gasteiger partial charge in [0.2, 0.25) is 0 Å². The van der Waals surface area contributed by atoms with Crippen LogP contribution in [0.3, 0.4) is 0 Å². The molecule has 6 heteroatoms. The molecule has 0 aliphatic heterocycles. The minimum absolute atomic E-state index is 0.0220. The molecule has 0 bridgehead atoms. The van der Waals surface area contributed by atoms with Gasteiger partial charge in [-0.1, -0.05) is 11.6 Å². The van der Waals surface area contributed by atoms with Crippen molar-refractivity contribution in [2.45, 2.75) is 6.54 Å². The van der Waals surface area contributed by atoms with Gasteiger partial charge >= 0.3 is 0 Å². The van der Waals surface area contributed by atoms with Crippen LogP contribution in [0.2, 0.25) is 5.02 Å². The predicted octanol–water partition coefficient (Wildman–Crippen LogP) is 3.20. The molecule has 2 rings (SSSR count). The van der Waals surface area contributed by atoms with Crippen LogP contribution in [0.25, 0.3) is 0 Å². The molecule has 5 nitrogen and oxygen atoms in total. The summed E-state index contributed by atoms with van der Waals surface area (Å²) in [4.78, 5) is 10.2. The molecule has 18 heavy (non-hydrogen) atoms. The van der Waals surface area contributed by atoms with Gasteiger partial charge in [-0.2, -0.15) is 0 Å². The first-order valence-corrected chi connectivity index (χ1v) is 5.74. The van der Waals surface area contributed by atoms with Crippen molar-refractivity contribution in [2.75, 3.05) is 5.32 Å². The zero-order valence-electron chi connectivity index (χ0n) is 9.76. The summed E-state index contributed by atoms with van der Waals surface area (Å²) in [5, 5.41) is 14.2. The molecule has 1 aromatic carbocycles. The third-order valence-electron chi connectivity index (χ3n) is 2.67. The van der Waals surface area contributed by atoms with Gasteiger partial charge in [-0.25, -0.2) is 0 Å². The smallest absolute Gasteiger partial charge is 0.271 e. The van der Waals surface area contributed by atoms with E-state index in [1.54, 1.807) is 0 Å². The molecule has 94 valence electrons. The van der Waals surface area contributed by atoms with E-state index in [4.69, 9.17) is 11.6 Å². The average Bonchev–Trinajstić information content (AvgIpc) is 2.73. The van der Waals surface area contributed by atoms with Gasteiger partial charge in [0.05, 0.1) is 22.2 Å². The van der Waals surface area contributed by atoms with Crippen LogP contribution in [-0.4, -0.2) is 9.49 Å². The van der Waals surface area contributed by atoms with Gasteiger partial charge in [0.25, 0.3) is 5.69 Å². The molecule has 0 aliphatic rings. The first kappa shape index (κ1) is 12.4. The van der Waals surface area contributed by atoms with Gasteiger partial charge in [-0.3, -0.25) is 10.1 Å². The number of aryl methyl sites for hydroxylation is 1. The fourth-order valence-corrected chi connectivity index (χ4v) is 1.81. The molecular weight excluding hydrogens is 254 g/mol. The number of hydrogen-bond acceptors (Lipinski definition) is 3. The van der Waals surface area contributed by atoms with Crippen molar-refractivity contribution in [3.05, 3.63) is 57.4 Å². The number of nitro groups is 1. The van der Waals surface area contributed by atoms with Crippen molar-refractivity contribution in [1.82, 2.24) is 4.57 Å². The summed E-state index contributed by atoms with van der Waals surface area (Å²) in [6.07, 6.45) is 1.94. The summed E-state index contributed by atoms with van der Waals surface area (Å²) in [7, 11) is 1.94. The lowest BCUT2D eigenvalue weighted by Crippen LogP contribution is -2.04. The number of anilines is 1. The quantitative estimate of drug-likeness (QED) is 0.682. The van der Waals surface area contributed by atoms with E-state index in [2.05, 4.69) is 5.32 Å². The second-order valence-corrected chi connectivity index (χ2v) is 4.29. The Hall–Kier alpha value is -2.01. The lowest BCUT2D eigenvalue weighted by molar-refractivity contribution is -0.384. The van der Waals surface area contributed by atoms with E-state index >= 15 is 0 Å². The van der Waals surface area contributed by atoms with Crippen LogP contribution in [0.15, 0.2) is 36.5 Å². The number of non-ortho nitro benzene ring substituents is 1. The maximum absolute atomic E-state index is 10.7. The first-order valence-electron chi connectivity index (χ1n) is 5.36. The molecule has 1 N–H and O–H groups in total. The van der Waals surface area contributed by atoms with Crippen molar-refractivity contribution in [1.29, 1.82) is 0 Å². The molecule has 0 spiro atoms. The summed E-state index contributed by atoms with van der Waals surface area (Å²) < 4.78 is 1.97. The maximum atomic E-state index is 10.7. The Labute approximate surface area is 109 Å². The maximum Gasteiger partial charge on any atom is 0.271 e. The number of aromatic nitrogens is 1. The molecule has 0 unspecified atom stereocenters. The number of nitrogens with one attached hydrogen (secondary N) is 1. The van der Waals surface area contributed by atoms with Gasteiger partial charge in [-0.05, 0) is 18.2 Å². The largest absolute Gasteiger partial charge is 0.378 e. The van der Waals surface area contributed by atoms with E-state index in [0.29, 0.717) is 17.3 Å². The highest BCUT2D eigenvalue weighted by molar-refractivity contribution is 6.33. The SMILES string of the molecule is Cn1cccc1CNc1cc([N+](=O)[O-])ccc1Cl. The van der Waals surface area contributed by atoms with Gasteiger partial charge in [0.1, 0.15) is 0 Å². The van der Waals surface area contributed by atoms with Crippen LogP contribution in [0.5, 0.6) is 0 Å². The van der Waals surface area contributed by atoms with Crippen LogP contribution in [0.4, 0.5) is 11.4 Å². The molecule has 0 atom stereocenters. The first-order chi connectivity index (χ1) is 8.58. The van der Waals surface area contributed by atoms with Gasteiger partial charge in [0.15, 0.2) is 0 Å². The van der Waals surface area contributed by atoms with Crippen LogP contribution in [-0.2, 0) is 13.6 Å². The van der Waals surface area contributed by atoms with Crippen LogP contribution in [0, 0.1) is 10.1 Å². The second-order valence-electron chi connectivity index (χ2n) is 3.89. The molecule has 0 radical (unpaired) electrons. The van der Waals surface area contributed by atoms with E-state index in [0.717, 1.165) is 5.69 Å². The lowest BCUT2D eigenvalue weighted by Gasteiger charge is -2.09. The Balaban J connectivity index is 2.16. The lowest BCUT2D eigenvalue weighted by atomic mass is 10.2. The van der Waals surface area contributed by atoms with Crippen molar-refractivity contribution >= 4 is 23.0 Å². The Bertz CT molecular complexity index is 580. The fraction of sp³-hybridized carbons (Fsp3) is 0.167. The van der Waals surface area contributed by atoms with E-state index < -0.39 is 4.92 Å². The molecule has 0 saturated carbocycles. The zero-order chi connectivity index (χ0) is 13.1. The highest BCUT2D eigenvalue weighted by Gasteiger charge is 2.09. The molecule has 1 aromatic heterocycles. The van der Waals surface area contributed by atoms with Gasteiger partial charge in [0, 0.05) is 31.1 Å². The summed E-state index contributed by atoms with van der Waals surface area (Å²) in [5.74, 6) is 0. The second kappa shape index (κ2) is 5.10. The fourth-order valence-electron chi connectivity index (χ4n) is 1.63. The van der Waals surface area contributed by atoms with E-state index in [1.165, 1.54) is 18.2 Å². The molecule has 0 amide bonds. The van der Waals surface area contributed by atoms with Crippen molar-refractivity contribution < 1.29 is 4.92 Å². The normalized spacial score (nSPS) is 10.3. The Morgan fingerprint density at radius 3 is 2.83 bits per heavy atom. The van der Waals surface area contributed by atoms with Gasteiger partial charge < -0.3 is 9.88 Å². The average molecular weight is 266 g/mol. The highest BCUT2D eigenvalue weighted by Crippen LogP contribution is 2.27. The Morgan fingerprint density at radius 1 is 1.44 bits per heavy atom. The molecule has 1 heterocycles. The summed E-state index contributed by atoms with van der Waals surface area (Å²) in [6.45, 7) is 0.560. The zero-order valence-corrected chi connectivity index (χ0v) is 10.5. The minimum Gasteiger partial charge on any atom is -0.378 e. The third kappa shape index (κ3) is 2.62. The Morgan fingerprint density at radius 2 is 2.22 bits per heavy atom. The number of halogens is 1. The van der Waals surface area contributed by atoms with Crippen LogP contribution >= 0.6 is 11.6 Å². The number of rotatable bonds is 4. The van der Waals surface area contributed by atoms with Crippen molar-refractivity contribution in [3.8, 4) is 0 Å². The molecule has 0 fully saturated rings. The van der Waals surface area contributed by atoms with Crippen molar-refractivity contribution in [3.63, 3.8) is 0 Å². The molecule has 0 aliphatic carbocycles. The van der Waals surface area contributed by atoms with E-state index in [1.807, 2.05) is 29.9 Å². The minimum atomic E-state index is -0.440. The standard InChI is InChI=1S/C12H12ClN3O2/c1-15-6-2-3-10(15)8-14-12-7-9(16(17)18)4-5-11(12)13/h2-7,14H,8H2,1H3. The van der Waals surface area contributed by atoms with E-state index in [-0.39, 0.29) is 5.69 Å². The summed E-state index contributed by atoms with van der Waals surface area (Å²) in [6, 6.07) is 8.25. The molecule has 2 aromatic rings. The molecular formula is C12H12ClN3O2. The number of hydrogen-bond donors (Lipinski definition) is 1. The predicted molar refractivity (Wildman–Crippen MR) is 70.8 cm³/mol. The molecule has 0 saturated heterocycles. The van der Waals surface area contributed by atoms with Gasteiger partial charge in [-0.15, -0.1) is 0 Å². The van der Waals surface area contributed by atoms with E-state index in [9.17, 15) is 10.1 Å². The number of nitro benzene ring substituents is 1. The monoisotopic (exact) mass is 265 g/mol. The third-order valence-corrected chi connectivity index (χ3v) is 3.00. The number of benzene rings is 1. The Kier molecular flexibility index (Phi) is 3.53. The highest BCUT2D eigenvalue weighted by atomic mass is 35.5. The van der Waals surface area contributed by atoms with Crippen LogP contribution < -0.4 is 5.32 Å². The summed E-state index contributed by atoms with van der Waals surface area (Å²) in [5.41, 5.74) is 1.65. The van der Waals surface area contributed by atoms with Crippen LogP contribution in [0.1, 0.15) is 5.69 Å². The topological polar surface area (TPSA) is 60.1 Å². The van der Waals surface area contributed by atoms with Crippen molar-refractivity contribution in [2.24, 2.45) is 7.05 Å².